The fraction of sp³-hybridized carbons (Fsp3) is 0.500. The van der Waals surface area contributed by atoms with Gasteiger partial charge in [0, 0.05) is 11.6 Å². The van der Waals surface area contributed by atoms with E-state index in [0.717, 1.165) is 16.3 Å². The van der Waals surface area contributed by atoms with Crippen LogP contribution in [0.2, 0.25) is 0 Å². The number of alkyl halides is 3. The number of amides is 2. The Hall–Kier alpha value is -0.590. The average molecular weight is 409 g/mol. The maximum Gasteiger partial charge on any atom is 0.343 e. The zero-order valence-corrected chi connectivity index (χ0v) is 17.0. The molecule has 1 fully saturated rings. The summed E-state index contributed by atoms with van der Waals surface area (Å²) in [7, 11) is 0. The van der Waals surface area contributed by atoms with Gasteiger partial charge in [0.15, 0.2) is 0 Å². The Kier molecular flexibility index (Phi) is 5.72. The standard InChI is InChI=1S/C16H20Cl3N3OS/c1-10(9-24)13-20-22(16(17,18)19)14(23)21(13)12-7-5-6-11(8-12)15(2,3)4/h5-10,13,20H,1-4H3. The molecule has 24 heavy (non-hydrogen) atoms. The third kappa shape index (κ3) is 3.97. The number of carbonyl (C=O) groups is 1. The van der Waals surface area contributed by atoms with Gasteiger partial charge in [-0.05, 0) is 28.5 Å². The Morgan fingerprint density at radius 2 is 1.92 bits per heavy atom. The van der Waals surface area contributed by atoms with Crippen molar-refractivity contribution in [2.75, 3.05) is 4.90 Å². The first kappa shape index (κ1) is 19.7. The van der Waals surface area contributed by atoms with Crippen molar-refractivity contribution in [1.29, 1.82) is 0 Å². The quantitative estimate of drug-likeness (QED) is 0.433. The van der Waals surface area contributed by atoms with E-state index in [-0.39, 0.29) is 11.3 Å². The minimum Gasteiger partial charge on any atom is -0.275 e. The van der Waals surface area contributed by atoms with Crippen LogP contribution in [-0.2, 0) is 5.41 Å². The SMILES string of the molecule is CC(C=S)C1NN(C(Cl)(Cl)Cl)C(=O)N1c1cccc(C(C)(C)C)c1. The van der Waals surface area contributed by atoms with Gasteiger partial charge in [0.25, 0.3) is 3.92 Å². The summed E-state index contributed by atoms with van der Waals surface area (Å²) in [5.41, 5.74) is 4.74. The Morgan fingerprint density at radius 3 is 2.42 bits per heavy atom. The summed E-state index contributed by atoms with van der Waals surface area (Å²) in [6, 6.07) is 7.35. The number of halogens is 3. The van der Waals surface area contributed by atoms with Crippen molar-refractivity contribution >= 4 is 64.1 Å². The molecule has 2 unspecified atom stereocenters. The molecule has 2 rings (SSSR count). The normalized spacial score (nSPS) is 20.5. The highest BCUT2D eigenvalue weighted by Crippen LogP contribution is 2.37. The Labute approximate surface area is 163 Å². The lowest BCUT2D eigenvalue weighted by atomic mass is 9.87. The molecule has 132 valence electrons. The number of benzene rings is 1. The van der Waals surface area contributed by atoms with Crippen LogP contribution >= 0.6 is 47.0 Å². The van der Waals surface area contributed by atoms with Crippen LogP contribution in [0.4, 0.5) is 10.5 Å². The summed E-state index contributed by atoms with van der Waals surface area (Å²) < 4.78 is -1.90. The molecule has 1 aliphatic rings. The van der Waals surface area contributed by atoms with Gasteiger partial charge in [0.1, 0.15) is 6.17 Å². The molecule has 0 saturated carbocycles. The van der Waals surface area contributed by atoms with Crippen LogP contribution in [0.3, 0.4) is 0 Å². The highest BCUT2D eigenvalue weighted by Gasteiger charge is 2.48. The lowest BCUT2D eigenvalue weighted by Crippen LogP contribution is -2.46. The average Bonchev–Trinajstić information content (AvgIpc) is 2.83. The molecule has 2 amide bonds. The number of nitrogens with one attached hydrogen (secondary N) is 1. The summed E-state index contributed by atoms with van der Waals surface area (Å²) in [5, 5.41) is 2.59. The van der Waals surface area contributed by atoms with Crippen LogP contribution in [0.15, 0.2) is 24.3 Å². The molecular formula is C16H20Cl3N3OS. The fourth-order valence-electron chi connectivity index (χ4n) is 2.47. The summed E-state index contributed by atoms with van der Waals surface area (Å²) in [5.74, 6) is -0.125. The highest BCUT2D eigenvalue weighted by atomic mass is 35.6. The Bertz CT molecular complexity index is 642. The number of anilines is 1. The highest BCUT2D eigenvalue weighted by molar-refractivity contribution is 7.79. The van der Waals surface area contributed by atoms with Crippen molar-refractivity contribution in [3.8, 4) is 0 Å². The van der Waals surface area contributed by atoms with Gasteiger partial charge in [-0.2, -0.15) is 0 Å². The van der Waals surface area contributed by atoms with Gasteiger partial charge in [0.05, 0.1) is 0 Å². The molecule has 0 aromatic heterocycles. The van der Waals surface area contributed by atoms with Crippen molar-refractivity contribution in [2.24, 2.45) is 5.92 Å². The van der Waals surface area contributed by atoms with E-state index >= 15 is 0 Å². The molecule has 0 bridgehead atoms. The van der Waals surface area contributed by atoms with Crippen LogP contribution in [0.1, 0.15) is 33.3 Å². The minimum atomic E-state index is -1.90. The summed E-state index contributed by atoms with van der Waals surface area (Å²) >= 11 is 22.8. The predicted molar refractivity (Wildman–Crippen MR) is 105 cm³/mol. The number of rotatable bonds is 3. The van der Waals surface area contributed by atoms with Crippen LogP contribution in [0.25, 0.3) is 0 Å². The molecule has 1 heterocycles. The molecule has 0 radical (unpaired) electrons. The van der Waals surface area contributed by atoms with Crippen LogP contribution in [0, 0.1) is 5.92 Å². The van der Waals surface area contributed by atoms with Crippen LogP contribution < -0.4 is 10.3 Å². The first-order valence-corrected chi connectivity index (χ1v) is 9.09. The monoisotopic (exact) mass is 407 g/mol. The number of hydrogen-bond donors (Lipinski definition) is 1. The first-order valence-electron chi connectivity index (χ1n) is 7.49. The molecule has 0 aliphatic carbocycles. The van der Waals surface area contributed by atoms with Gasteiger partial charge >= 0.3 is 6.03 Å². The molecule has 1 saturated heterocycles. The van der Waals surface area contributed by atoms with Crippen LogP contribution in [-0.4, -0.2) is 26.5 Å². The first-order chi connectivity index (χ1) is 11.0. The number of thiocarbonyl (C=S) groups is 1. The van der Waals surface area contributed by atoms with Crippen molar-refractivity contribution in [2.45, 2.75) is 43.2 Å². The number of carbonyl (C=O) groups excluding carboxylic acids is 1. The summed E-state index contributed by atoms with van der Waals surface area (Å²) in [4.78, 5) is 14.4. The second-order valence-corrected chi connectivity index (χ2v) is 9.32. The zero-order valence-electron chi connectivity index (χ0n) is 13.9. The third-order valence-electron chi connectivity index (χ3n) is 3.89. The van der Waals surface area contributed by atoms with E-state index in [1.165, 1.54) is 0 Å². The smallest absolute Gasteiger partial charge is 0.275 e. The van der Waals surface area contributed by atoms with E-state index in [1.54, 1.807) is 10.3 Å². The molecule has 1 aliphatic heterocycles. The number of hydrogen-bond acceptors (Lipinski definition) is 3. The minimum absolute atomic E-state index is 0.0492. The van der Waals surface area contributed by atoms with Gasteiger partial charge in [-0.15, -0.1) is 0 Å². The van der Waals surface area contributed by atoms with Gasteiger partial charge in [-0.3, -0.25) is 4.90 Å². The number of urea groups is 1. The van der Waals surface area contributed by atoms with Gasteiger partial charge in [0.2, 0.25) is 0 Å². The number of hydrazine groups is 1. The van der Waals surface area contributed by atoms with E-state index < -0.39 is 16.1 Å². The van der Waals surface area contributed by atoms with E-state index in [9.17, 15) is 4.79 Å². The summed E-state index contributed by atoms with van der Waals surface area (Å²) in [6.07, 6.45) is -0.430. The fourth-order valence-corrected chi connectivity index (χ4v) is 2.99. The molecule has 1 aromatic carbocycles. The van der Waals surface area contributed by atoms with Crippen molar-refractivity contribution in [3.05, 3.63) is 29.8 Å². The second kappa shape index (κ2) is 6.96. The van der Waals surface area contributed by atoms with Gasteiger partial charge in [-0.25, -0.2) is 15.2 Å². The molecule has 2 atom stereocenters. The molecule has 4 nitrogen and oxygen atoms in total. The Morgan fingerprint density at radius 1 is 1.29 bits per heavy atom. The maximum absolute atomic E-state index is 12.8. The largest absolute Gasteiger partial charge is 0.343 e. The van der Waals surface area contributed by atoms with Gasteiger partial charge < -0.3 is 0 Å². The van der Waals surface area contributed by atoms with Crippen LogP contribution in [0.5, 0.6) is 0 Å². The molecule has 0 spiro atoms. The lowest BCUT2D eigenvalue weighted by Gasteiger charge is -2.27. The zero-order chi connectivity index (χ0) is 18.3. The van der Waals surface area contributed by atoms with Crippen molar-refractivity contribution < 1.29 is 4.79 Å². The molecular weight excluding hydrogens is 389 g/mol. The van der Waals surface area contributed by atoms with E-state index in [2.05, 4.69) is 26.2 Å². The Balaban J connectivity index is 2.48. The molecule has 1 aromatic rings. The van der Waals surface area contributed by atoms with Crippen molar-refractivity contribution in [1.82, 2.24) is 10.4 Å². The van der Waals surface area contributed by atoms with Crippen molar-refractivity contribution in [3.63, 3.8) is 0 Å². The lowest BCUT2D eigenvalue weighted by molar-refractivity contribution is 0.196. The van der Waals surface area contributed by atoms with E-state index in [1.807, 2.05) is 31.2 Å². The maximum atomic E-state index is 12.8. The third-order valence-corrected chi connectivity index (χ3v) is 4.83. The number of nitrogens with zero attached hydrogens (tertiary/aromatic N) is 2. The topological polar surface area (TPSA) is 35.6 Å². The van der Waals surface area contributed by atoms with E-state index in [4.69, 9.17) is 47.0 Å². The van der Waals surface area contributed by atoms with E-state index in [0.29, 0.717) is 0 Å². The van der Waals surface area contributed by atoms with Gasteiger partial charge in [-0.1, -0.05) is 86.8 Å². The predicted octanol–water partition coefficient (Wildman–Crippen LogP) is 5.02. The molecule has 1 N–H and O–H groups in total. The second-order valence-electron chi connectivity index (χ2n) is 6.83. The molecule has 8 heteroatoms. The summed E-state index contributed by atoms with van der Waals surface area (Å²) in [6.45, 7) is 8.24.